The first-order valence-electron chi connectivity index (χ1n) is 7.72. The molecule has 0 spiro atoms. The van der Waals surface area contributed by atoms with E-state index in [9.17, 15) is 8.42 Å². The fourth-order valence-corrected chi connectivity index (χ4v) is 3.03. The molecular formula is C18H15NO7S. The Morgan fingerprint density at radius 3 is 1.93 bits per heavy atom. The quantitative estimate of drug-likeness (QED) is 0.359. The summed E-state index contributed by atoms with van der Waals surface area (Å²) in [5.74, 6) is 0.0536. The van der Waals surface area contributed by atoms with Crippen molar-refractivity contribution in [1.82, 2.24) is 4.98 Å². The predicted octanol–water partition coefficient (Wildman–Crippen LogP) is 3.23. The Morgan fingerprint density at radius 1 is 0.852 bits per heavy atom. The molecule has 0 radical (unpaired) electrons. The monoisotopic (exact) mass is 389 g/mol. The molecule has 0 amide bonds. The Kier molecular flexibility index (Phi) is 5.67. The highest BCUT2D eigenvalue weighted by atomic mass is 32.3. The van der Waals surface area contributed by atoms with Gasteiger partial charge in [0.2, 0.25) is 0 Å². The molecule has 0 fully saturated rings. The average Bonchev–Trinajstić information content (AvgIpc) is 2.65. The number of benzene rings is 2. The lowest BCUT2D eigenvalue weighted by Gasteiger charge is -2.18. The predicted molar refractivity (Wildman–Crippen MR) is 94.6 cm³/mol. The molecule has 3 aromatic rings. The SMILES string of the molecule is O=S(=O)(O)Oc1ccc(C(c2ccc(OOO)cc2)c2ccccn2)cc1. The lowest BCUT2D eigenvalue weighted by molar-refractivity contribution is -0.438. The van der Waals surface area contributed by atoms with E-state index in [0.717, 1.165) is 16.8 Å². The second kappa shape index (κ2) is 8.14. The van der Waals surface area contributed by atoms with E-state index in [4.69, 9.17) is 9.81 Å². The van der Waals surface area contributed by atoms with Gasteiger partial charge in [-0.1, -0.05) is 30.3 Å². The Hall–Kier alpha value is -2.98. The molecule has 27 heavy (non-hydrogen) atoms. The first kappa shape index (κ1) is 18.8. The summed E-state index contributed by atoms with van der Waals surface area (Å²) in [6.45, 7) is 0. The Bertz CT molecular complexity index is 974. The van der Waals surface area contributed by atoms with Crippen LogP contribution in [-0.2, 0) is 15.4 Å². The van der Waals surface area contributed by atoms with Crippen LogP contribution in [0.2, 0.25) is 0 Å². The summed E-state index contributed by atoms with van der Waals surface area (Å²) in [5, 5.41) is 12.0. The number of pyridine rings is 1. The molecule has 0 aliphatic heterocycles. The van der Waals surface area contributed by atoms with Crippen molar-refractivity contribution < 1.29 is 32.3 Å². The van der Waals surface area contributed by atoms with Crippen LogP contribution in [0.4, 0.5) is 0 Å². The zero-order chi connectivity index (χ0) is 19.3. The highest BCUT2D eigenvalue weighted by Crippen LogP contribution is 2.32. The van der Waals surface area contributed by atoms with Gasteiger partial charge in [-0.25, -0.2) is 5.26 Å². The number of aromatic nitrogens is 1. The van der Waals surface area contributed by atoms with Crippen molar-refractivity contribution >= 4 is 10.4 Å². The third-order valence-corrected chi connectivity index (χ3v) is 4.15. The van der Waals surface area contributed by atoms with Crippen LogP contribution in [0.15, 0.2) is 72.9 Å². The van der Waals surface area contributed by atoms with Crippen LogP contribution < -0.4 is 9.07 Å². The summed E-state index contributed by atoms with van der Waals surface area (Å²) in [6.07, 6.45) is 1.68. The van der Waals surface area contributed by atoms with Gasteiger partial charge in [-0.05, 0) is 52.6 Å². The van der Waals surface area contributed by atoms with Crippen molar-refractivity contribution in [3.63, 3.8) is 0 Å². The van der Waals surface area contributed by atoms with E-state index in [1.54, 1.807) is 48.7 Å². The van der Waals surface area contributed by atoms with E-state index in [-0.39, 0.29) is 11.7 Å². The lowest BCUT2D eigenvalue weighted by Crippen LogP contribution is -2.08. The molecule has 0 saturated heterocycles. The summed E-state index contributed by atoms with van der Waals surface area (Å²) in [7, 11) is -4.58. The summed E-state index contributed by atoms with van der Waals surface area (Å²) in [5.41, 5.74) is 2.47. The van der Waals surface area contributed by atoms with Crippen molar-refractivity contribution in [2.75, 3.05) is 0 Å². The smallest absolute Gasteiger partial charge is 0.362 e. The first-order valence-corrected chi connectivity index (χ1v) is 9.08. The van der Waals surface area contributed by atoms with Gasteiger partial charge >= 0.3 is 10.4 Å². The van der Waals surface area contributed by atoms with Crippen LogP contribution >= 0.6 is 0 Å². The standard InChI is InChI=1S/C18H15NO7S/c20-26-24-15-8-4-13(5-9-15)18(17-3-1-2-12-19-17)14-6-10-16(11-7-14)25-27(21,22)23/h1-12,18,20H,(H,21,22,23). The summed E-state index contributed by atoms with van der Waals surface area (Å²) < 4.78 is 34.9. The second-order valence-corrected chi connectivity index (χ2v) is 6.52. The largest absolute Gasteiger partial charge is 0.446 e. The van der Waals surface area contributed by atoms with Crippen LogP contribution in [-0.4, -0.2) is 23.2 Å². The molecule has 1 aromatic heterocycles. The molecule has 0 aliphatic carbocycles. The topological polar surface area (TPSA) is 115 Å². The molecular weight excluding hydrogens is 374 g/mol. The van der Waals surface area contributed by atoms with Gasteiger partial charge in [0.25, 0.3) is 0 Å². The second-order valence-electron chi connectivity index (χ2n) is 5.49. The van der Waals surface area contributed by atoms with Gasteiger partial charge in [0, 0.05) is 6.20 Å². The Morgan fingerprint density at radius 2 is 1.44 bits per heavy atom. The van der Waals surface area contributed by atoms with Gasteiger partial charge in [-0.15, -0.1) is 0 Å². The number of hydrogen-bond acceptors (Lipinski definition) is 7. The maximum absolute atomic E-state index is 10.8. The third kappa shape index (κ3) is 5.02. The summed E-state index contributed by atoms with van der Waals surface area (Å²) in [6, 6.07) is 18.6. The summed E-state index contributed by atoms with van der Waals surface area (Å²) in [4.78, 5) is 8.97. The number of hydrogen-bond donors (Lipinski definition) is 2. The Labute approximate surface area is 155 Å². The van der Waals surface area contributed by atoms with Crippen molar-refractivity contribution in [3.05, 3.63) is 89.7 Å². The molecule has 140 valence electrons. The van der Waals surface area contributed by atoms with Gasteiger partial charge < -0.3 is 9.07 Å². The Balaban J connectivity index is 1.98. The van der Waals surface area contributed by atoms with E-state index in [2.05, 4.69) is 19.1 Å². The van der Waals surface area contributed by atoms with E-state index >= 15 is 0 Å². The van der Waals surface area contributed by atoms with E-state index in [1.165, 1.54) is 12.1 Å². The summed E-state index contributed by atoms with van der Waals surface area (Å²) >= 11 is 0. The van der Waals surface area contributed by atoms with Crippen molar-refractivity contribution in [3.8, 4) is 11.5 Å². The van der Waals surface area contributed by atoms with Crippen LogP contribution in [0.3, 0.4) is 0 Å². The normalized spacial score (nSPS) is 12.4. The molecule has 1 heterocycles. The fraction of sp³-hybridized carbons (Fsp3) is 0.0556. The molecule has 8 nitrogen and oxygen atoms in total. The minimum absolute atomic E-state index is 0.00939. The fourth-order valence-electron chi connectivity index (χ4n) is 2.68. The maximum Gasteiger partial charge on any atom is 0.446 e. The molecule has 3 rings (SSSR count). The molecule has 9 heteroatoms. The van der Waals surface area contributed by atoms with Crippen molar-refractivity contribution in [2.45, 2.75) is 5.92 Å². The van der Waals surface area contributed by atoms with Crippen LogP contribution in [0.5, 0.6) is 11.5 Å². The molecule has 2 aromatic carbocycles. The van der Waals surface area contributed by atoms with Crippen molar-refractivity contribution in [2.24, 2.45) is 0 Å². The average molecular weight is 389 g/mol. The van der Waals surface area contributed by atoms with Gasteiger partial charge in [0.1, 0.15) is 5.75 Å². The molecule has 1 unspecified atom stereocenters. The van der Waals surface area contributed by atoms with E-state index in [1.807, 2.05) is 12.1 Å². The van der Waals surface area contributed by atoms with Crippen LogP contribution in [0, 0.1) is 0 Å². The van der Waals surface area contributed by atoms with Gasteiger partial charge in [0.05, 0.1) is 11.6 Å². The molecule has 1 atom stereocenters. The molecule has 0 aliphatic rings. The molecule has 2 N–H and O–H groups in total. The molecule has 0 saturated carbocycles. The third-order valence-electron chi connectivity index (χ3n) is 3.75. The number of rotatable bonds is 7. The number of nitrogens with zero attached hydrogens (tertiary/aromatic N) is 1. The van der Waals surface area contributed by atoms with Crippen molar-refractivity contribution in [1.29, 1.82) is 0 Å². The van der Waals surface area contributed by atoms with E-state index in [0.29, 0.717) is 5.75 Å². The molecule has 0 bridgehead atoms. The van der Waals surface area contributed by atoms with Gasteiger partial charge in [0.15, 0.2) is 5.75 Å². The highest BCUT2D eigenvalue weighted by Gasteiger charge is 2.19. The maximum atomic E-state index is 10.8. The minimum Gasteiger partial charge on any atom is -0.362 e. The van der Waals surface area contributed by atoms with Crippen LogP contribution in [0.1, 0.15) is 22.7 Å². The van der Waals surface area contributed by atoms with Crippen LogP contribution in [0.25, 0.3) is 0 Å². The zero-order valence-corrected chi connectivity index (χ0v) is 14.6. The minimum atomic E-state index is -4.58. The lowest BCUT2D eigenvalue weighted by atomic mass is 9.88. The van der Waals surface area contributed by atoms with Gasteiger partial charge in [-0.2, -0.15) is 8.42 Å². The zero-order valence-electron chi connectivity index (χ0n) is 13.8. The van der Waals surface area contributed by atoms with E-state index < -0.39 is 10.4 Å². The first-order chi connectivity index (χ1) is 13.0. The van der Waals surface area contributed by atoms with Gasteiger partial charge in [-0.3, -0.25) is 9.54 Å². The highest BCUT2D eigenvalue weighted by molar-refractivity contribution is 7.81.